The molecule has 6 aromatic rings. The molecule has 4 aliphatic heterocycles. The Labute approximate surface area is 643 Å². The maximum atomic E-state index is 14.4. The van der Waals surface area contributed by atoms with Crippen molar-refractivity contribution in [1.82, 2.24) is 60.2 Å². The van der Waals surface area contributed by atoms with E-state index in [9.17, 15) is 81.7 Å². The number of hydrazine groups is 1. The zero-order valence-electron chi connectivity index (χ0n) is 63.4. The number of nitrogens with one attached hydrogen (secondary N) is 5. The van der Waals surface area contributed by atoms with Crippen LogP contribution in [0.15, 0.2) is 77.9 Å². The van der Waals surface area contributed by atoms with Crippen LogP contribution in [-0.4, -0.2) is 254 Å². The maximum Gasteiger partial charge on any atom is 0.410 e. The highest BCUT2D eigenvalue weighted by molar-refractivity contribution is 7.85. The van der Waals surface area contributed by atoms with E-state index in [0.717, 1.165) is 38.1 Å². The van der Waals surface area contributed by atoms with Gasteiger partial charge < -0.3 is 104 Å². The number of pyridine rings is 3. The first kappa shape index (κ1) is 84.0. The van der Waals surface area contributed by atoms with Gasteiger partial charge in [0.2, 0.25) is 35.8 Å². The molecule has 606 valence electrons. The fourth-order valence-corrected chi connectivity index (χ4v) is 14.3. The second kappa shape index (κ2) is 35.9. The van der Waals surface area contributed by atoms with Gasteiger partial charge in [0.25, 0.3) is 15.7 Å². The van der Waals surface area contributed by atoms with Crippen LogP contribution in [0.5, 0.6) is 11.5 Å². The first-order valence-electron chi connectivity index (χ1n) is 36.4. The fraction of sp³-hybridized carbons (Fsp3) is 0.500. The zero-order chi connectivity index (χ0) is 81.4. The quantitative estimate of drug-likeness (QED) is 0.0206. The molecule has 0 saturated carbocycles. The summed E-state index contributed by atoms with van der Waals surface area (Å²) in [4.78, 5) is 133. The highest BCUT2D eigenvalue weighted by Gasteiger charge is 2.50. The number of ether oxygens (including phenoxy) is 7. The monoisotopic (exact) mass is 1580 g/mol. The van der Waals surface area contributed by atoms with E-state index >= 15 is 0 Å². The number of nitrogens with zero attached hydrogens (tertiary/aromatic N) is 8. The normalized spacial score (nSPS) is 19.6. The number of aromatic nitrogens is 4. The number of carbonyl (C=O) groups is 8. The van der Waals surface area contributed by atoms with Crippen LogP contribution in [0, 0.1) is 5.92 Å². The number of aliphatic hydroxyl groups excluding tert-OH is 3. The number of carboxylic acids is 1. The van der Waals surface area contributed by atoms with Crippen LogP contribution in [0.4, 0.5) is 15.3 Å². The number of hydrogen-bond acceptors (Lipinski definition) is 26. The third kappa shape index (κ3) is 19.0. The Balaban J connectivity index is 0.682. The molecule has 0 spiro atoms. The molecule has 11 N–H and O–H groups in total. The van der Waals surface area contributed by atoms with E-state index < -0.39 is 131 Å². The molecule has 10 rings (SSSR count). The Bertz CT molecular complexity index is 4770. The second-order valence-corrected chi connectivity index (χ2v) is 29.6. The molecule has 0 aliphatic carbocycles. The Kier molecular flexibility index (Phi) is 27.0. The lowest BCUT2D eigenvalue weighted by molar-refractivity contribution is -0.271. The Morgan fingerprint density at radius 3 is 2.20 bits per heavy atom. The standard InChI is InChI=1S/C74H95N13O24S/c1-11-44-46-31-43(88)16-18-51(46)79-60-48(44)34-87-54(60)32-50-49(69(87)97)37-107-41(6)74(50,12-2)111-73(101)83(8)25-24-82(7)72(100)108-36-42-15-17-52(56(30-42)109-71-63(93)61(91)62(92)64(110-71)70(98)99)80-66(94)40(5)77-68(96)59(39(3)4)81-58(90)20-26-105-28-29-106-27-22-76-67(95)53(38-112(102,103)104)78-57(89)19-23-86-55-35-85(10)84(9)33-47(55)45-14-13-21-75-65(45)86/h13-18,21,30-32,39-40,53,59,61-64,71,88,91-93H,6,11-12,19-20,22-29,33-38H2,1-5,7-10H3,(H,76,95)(H,77,96)(H,78,89)(H,80,94)(H,81,90)(H,98,99)(H,102,103,104)/t40-,53-,59-,61-,62-,63+,64-,71+,74+/m0/s1. The molecule has 38 heteroatoms. The molecule has 4 aliphatic rings. The molecular formula is C74H95N13O24S. The van der Waals surface area contributed by atoms with Gasteiger partial charge in [-0.25, -0.2) is 34.4 Å². The highest BCUT2D eigenvalue weighted by atomic mass is 32.2. The number of aryl methyl sites for hydroxylation is 2. The van der Waals surface area contributed by atoms with Gasteiger partial charge in [-0.2, -0.15) is 8.42 Å². The lowest BCUT2D eigenvalue weighted by Gasteiger charge is -2.40. The largest absolute Gasteiger partial charge is 0.508 e. The topological polar surface area (TPSA) is 483 Å². The number of phenols is 1. The van der Waals surface area contributed by atoms with Gasteiger partial charge in [0, 0.05) is 108 Å². The van der Waals surface area contributed by atoms with E-state index in [-0.39, 0.29) is 125 Å². The minimum Gasteiger partial charge on any atom is -0.508 e. The van der Waals surface area contributed by atoms with Crippen LogP contribution < -0.4 is 36.9 Å². The molecule has 37 nitrogen and oxygen atoms in total. The number of aliphatic carboxylic acids is 1. The van der Waals surface area contributed by atoms with Gasteiger partial charge in [-0.3, -0.25) is 33.3 Å². The highest BCUT2D eigenvalue weighted by Crippen LogP contribution is 2.46. The van der Waals surface area contributed by atoms with Gasteiger partial charge in [0.15, 0.2) is 11.7 Å². The lowest BCUT2D eigenvalue weighted by atomic mass is 9.84. The molecule has 112 heavy (non-hydrogen) atoms. The number of aromatic hydroxyl groups is 1. The summed E-state index contributed by atoms with van der Waals surface area (Å²) in [5.41, 5.74) is 4.89. The molecular weight excluding hydrogens is 1490 g/mol. The van der Waals surface area contributed by atoms with Gasteiger partial charge >= 0.3 is 18.2 Å². The van der Waals surface area contributed by atoms with Crippen LogP contribution in [0.1, 0.15) is 93.0 Å². The third-order valence-corrected chi connectivity index (χ3v) is 20.8. The molecule has 0 radical (unpaired) electrons. The summed E-state index contributed by atoms with van der Waals surface area (Å²) < 4.78 is 77.1. The van der Waals surface area contributed by atoms with Crippen molar-refractivity contribution >= 4 is 85.4 Å². The fourth-order valence-electron chi connectivity index (χ4n) is 13.6. The number of amides is 7. The summed E-state index contributed by atoms with van der Waals surface area (Å²) in [5.74, 6) is -7.22. The molecule has 1 fully saturated rings. The number of carbonyl (C=O) groups excluding carboxylic acids is 7. The average Bonchev–Trinajstić information content (AvgIpc) is 1.49. The van der Waals surface area contributed by atoms with Crippen LogP contribution in [0.2, 0.25) is 0 Å². The van der Waals surface area contributed by atoms with Gasteiger partial charge in [-0.15, -0.1) is 0 Å². The first-order valence-corrected chi connectivity index (χ1v) is 38.0. The average molecular weight is 1580 g/mol. The summed E-state index contributed by atoms with van der Waals surface area (Å²) >= 11 is 0. The van der Waals surface area contributed by atoms with E-state index in [1.807, 2.05) is 42.7 Å². The van der Waals surface area contributed by atoms with Gasteiger partial charge in [0.1, 0.15) is 78.3 Å². The third-order valence-electron chi connectivity index (χ3n) is 20.0. The summed E-state index contributed by atoms with van der Waals surface area (Å²) in [5, 5.41) is 70.5. The van der Waals surface area contributed by atoms with Gasteiger partial charge in [-0.05, 0) is 90.9 Å². The van der Waals surface area contributed by atoms with Crippen molar-refractivity contribution in [3.63, 3.8) is 0 Å². The second-order valence-electron chi connectivity index (χ2n) is 28.1. The SMILES string of the molecule is C=C1OCc2c(cc3n(c2=O)Cc2c-3nc3ccc(O)cc3c2CC)[C@]1(CC)OC(=O)N(C)CCN(C)C(=O)OCc1ccc(NC(=O)[C@H](C)NC(=O)[C@@H](NC(=O)CCOCCOCCNC(=O)[C@H](CS(=O)(=O)O)NC(=O)CCn2c3c(c4cccnc42)CN(C)N(C)C3)C(C)C)c(O[C@@H]2O[C@H](C(=O)O)[C@@H](O)[C@H](O)[C@H]2O)c1. The zero-order valence-corrected chi connectivity index (χ0v) is 64.2. The molecule has 0 bridgehead atoms. The first-order chi connectivity index (χ1) is 53.1. The molecule has 7 amide bonds. The lowest BCUT2D eigenvalue weighted by Crippen LogP contribution is -2.61. The number of rotatable bonds is 33. The molecule has 9 atom stereocenters. The summed E-state index contributed by atoms with van der Waals surface area (Å²) in [6.07, 6.45) is -10.0. The number of benzene rings is 2. The van der Waals surface area contributed by atoms with Crippen LogP contribution in [0.3, 0.4) is 0 Å². The Morgan fingerprint density at radius 2 is 1.50 bits per heavy atom. The van der Waals surface area contributed by atoms with E-state index in [1.165, 1.54) is 44.1 Å². The number of carboxylic acid groups (broad SMARTS) is 1. The van der Waals surface area contributed by atoms with Crippen molar-refractivity contribution in [3.8, 4) is 22.9 Å². The number of phenolic OH excluding ortho intramolecular Hbond substituents is 1. The minimum absolute atomic E-state index is 0.00668. The van der Waals surface area contributed by atoms with Gasteiger partial charge in [-0.1, -0.05) is 40.3 Å². The predicted octanol–water partition coefficient (Wildman–Crippen LogP) is 1.68. The van der Waals surface area contributed by atoms with E-state index in [4.69, 9.17) is 38.1 Å². The number of likely N-dealkylation sites (N-methyl/N-ethyl adjacent to an activating group) is 2. The van der Waals surface area contributed by atoms with Crippen molar-refractivity contribution < 1.29 is 110 Å². The Morgan fingerprint density at radius 1 is 0.795 bits per heavy atom. The number of aliphatic hydroxyl groups is 3. The van der Waals surface area contributed by atoms with E-state index in [2.05, 4.69) is 43.2 Å². The summed E-state index contributed by atoms with van der Waals surface area (Å²) in [6, 6.07) is 10.3. The molecule has 2 aromatic carbocycles. The van der Waals surface area contributed by atoms with Crippen molar-refractivity contribution in [2.45, 2.75) is 154 Å². The molecule has 0 unspecified atom stereocenters. The van der Waals surface area contributed by atoms with Crippen LogP contribution in [0.25, 0.3) is 33.3 Å². The van der Waals surface area contributed by atoms with E-state index in [0.29, 0.717) is 47.6 Å². The minimum atomic E-state index is -4.72. The van der Waals surface area contributed by atoms with Crippen LogP contribution in [-0.2, 0) is 119 Å². The molecule has 8 heterocycles. The predicted molar refractivity (Wildman–Crippen MR) is 399 cm³/mol. The summed E-state index contributed by atoms with van der Waals surface area (Å²) in [6.45, 7) is 12.9. The number of fused-ring (bicyclic) bond motifs is 8. The summed E-state index contributed by atoms with van der Waals surface area (Å²) in [7, 11) is 2.02. The van der Waals surface area contributed by atoms with Gasteiger partial charge in [0.05, 0.1) is 67.7 Å². The molecule has 4 aromatic heterocycles. The van der Waals surface area contributed by atoms with Crippen molar-refractivity contribution in [1.29, 1.82) is 0 Å². The number of anilines is 1. The van der Waals surface area contributed by atoms with Crippen LogP contribution >= 0.6 is 0 Å². The van der Waals surface area contributed by atoms with Crippen molar-refractivity contribution in [2.75, 3.05) is 85.3 Å². The smallest absolute Gasteiger partial charge is 0.410 e. The molecule has 1 saturated heterocycles. The maximum absolute atomic E-state index is 14.4. The number of hydrogen-bond donors (Lipinski definition) is 11. The van der Waals surface area contributed by atoms with Crippen molar-refractivity contribution in [3.05, 3.63) is 123 Å². The Hall–Kier alpha value is -10.4. The van der Waals surface area contributed by atoms with E-state index in [1.54, 1.807) is 55.8 Å². The van der Waals surface area contributed by atoms with Crippen molar-refractivity contribution in [2.24, 2.45) is 5.92 Å².